The number of aryl methyl sites for hydroxylation is 1. The molecule has 0 fully saturated rings. The lowest BCUT2D eigenvalue weighted by Crippen LogP contribution is -2.28. The maximum absolute atomic E-state index is 5.68. The van der Waals surface area contributed by atoms with Gasteiger partial charge in [0.2, 0.25) is 5.89 Å². The van der Waals surface area contributed by atoms with Crippen molar-refractivity contribution in [2.24, 2.45) is 0 Å². The maximum Gasteiger partial charge on any atom is 0.226 e. The number of hydrogen-bond acceptors (Lipinski definition) is 4. The van der Waals surface area contributed by atoms with Gasteiger partial charge in [-0.15, -0.1) is 0 Å². The highest BCUT2D eigenvalue weighted by Gasteiger charge is 2.18. The number of para-hydroxylation sites is 1. The van der Waals surface area contributed by atoms with E-state index in [9.17, 15) is 0 Å². The van der Waals surface area contributed by atoms with Crippen molar-refractivity contribution in [3.63, 3.8) is 0 Å². The Balaban J connectivity index is 1.53. The average Bonchev–Trinajstić information content (AvgIpc) is 3.11. The Morgan fingerprint density at radius 2 is 1.96 bits per heavy atom. The van der Waals surface area contributed by atoms with E-state index >= 15 is 0 Å². The second-order valence-corrected chi connectivity index (χ2v) is 6.03. The third-order valence-corrected chi connectivity index (χ3v) is 4.45. The summed E-state index contributed by atoms with van der Waals surface area (Å²) >= 11 is 0. The number of anilines is 1. The first-order valence-corrected chi connectivity index (χ1v) is 8.25. The van der Waals surface area contributed by atoms with E-state index in [1.54, 1.807) is 13.4 Å². The van der Waals surface area contributed by atoms with Crippen molar-refractivity contribution < 1.29 is 9.15 Å². The summed E-state index contributed by atoms with van der Waals surface area (Å²) in [5, 5.41) is 0. The third kappa shape index (κ3) is 2.87. The van der Waals surface area contributed by atoms with E-state index in [1.807, 2.05) is 24.3 Å². The molecule has 0 amide bonds. The molecule has 2 heterocycles. The zero-order valence-corrected chi connectivity index (χ0v) is 13.7. The lowest BCUT2D eigenvalue weighted by Gasteiger charge is -2.30. The van der Waals surface area contributed by atoms with Gasteiger partial charge in [-0.3, -0.25) is 0 Å². The first-order valence-electron chi connectivity index (χ1n) is 8.25. The van der Waals surface area contributed by atoms with E-state index in [-0.39, 0.29) is 0 Å². The van der Waals surface area contributed by atoms with Gasteiger partial charge in [-0.2, -0.15) is 0 Å². The monoisotopic (exact) mass is 320 g/mol. The van der Waals surface area contributed by atoms with Crippen LogP contribution in [-0.2, 0) is 13.0 Å². The number of nitrogens with zero attached hydrogens (tertiary/aromatic N) is 2. The highest BCUT2D eigenvalue weighted by molar-refractivity contribution is 5.57. The highest BCUT2D eigenvalue weighted by Crippen LogP contribution is 2.28. The van der Waals surface area contributed by atoms with E-state index < -0.39 is 0 Å². The van der Waals surface area contributed by atoms with Gasteiger partial charge in [0, 0.05) is 17.8 Å². The van der Waals surface area contributed by atoms with Gasteiger partial charge >= 0.3 is 0 Å². The van der Waals surface area contributed by atoms with Crippen LogP contribution < -0.4 is 9.64 Å². The number of aromatic nitrogens is 1. The van der Waals surface area contributed by atoms with Gasteiger partial charge in [-0.05, 0) is 48.7 Å². The molecule has 0 unspecified atom stereocenters. The number of rotatable bonds is 4. The molecular weight excluding hydrogens is 300 g/mol. The molecular formula is C20H20N2O2. The molecule has 4 heteroatoms. The summed E-state index contributed by atoms with van der Waals surface area (Å²) < 4.78 is 10.9. The zero-order valence-electron chi connectivity index (χ0n) is 13.7. The van der Waals surface area contributed by atoms with Crippen molar-refractivity contribution in [3.8, 4) is 17.2 Å². The van der Waals surface area contributed by atoms with Crippen LogP contribution in [-0.4, -0.2) is 18.6 Å². The molecule has 0 aliphatic carbocycles. The second kappa shape index (κ2) is 6.40. The van der Waals surface area contributed by atoms with Crippen LogP contribution in [0.1, 0.15) is 17.7 Å². The molecule has 122 valence electrons. The maximum atomic E-state index is 5.68. The van der Waals surface area contributed by atoms with Crippen LogP contribution in [0.15, 0.2) is 59.2 Å². The summed E-state index contributed by atoms with van der Waals surface area (Å²) in [4.78, 5) is 7.04. The Labute approximate surface area is 141 Å². The van der Waals surface area contributed by atoms with E-state index in [1.165, 1.54) is 17.7 Å². The first kappa shape index (κ1) is 14.8. The number of hydrogen-bond donors (Lipinski definition) is 0. The van der Waals surface area contributed by atoms with Gasteiger partial charge in [0.25, 0.3) is 0 Å². The molecule has 4 rings (SSSR count). The van der Waals surface area contributed by atoms with Crippen molar-refractivity contribution in [2.75, 3.05) is 18.6 Å². The number of ether oxygens (including phenoxy) is 1. The molecule has 2 aromatic carbocycles. The van der Waals surface area contributed by atoms with Crippen molar-refractivity contribution in [3.05, 3.63) is 66.1 Å². The lowest BCUT2D eigenvalue weighted by atomic mass is 10.0. The average molecular weight is 320 g/mol. The van der Waals surface area contributed by atoms with Gasteiger partial charge in [-0.25, -0.2) is 4.98 Å². The molecule has 0 saturated carbocycles. The molecule has 0 bridgehead atoms. The normalized spacial score (nSPS) is 13.6. The minimum absolute atomic E-state index is 0.651. The van der Waals surface area contributed by atoms with Crippen LogP contribution in [0.3, 0.4) is 0 Å². The molecule has 0 radical (unpaired) electrons. The van der Waals surface area contributed by atoms with E-state index in [0.717, 1.165) is 36.5 Å². The smallest absolute Gasteiger partial charge is 0.226 e. The van der Waals surface area contributed by atoms with E-state index in [0.29, 0.717) is 5.89 Å². The van der Waals surface area contributed by atoms with Crippen LogP contribution in [0, 0.1) is 0 Å². The summed E-state index contributed by atoms with van der Waals surface area (Å²) in [6.07, 6.45) is 4.10. The molecule has 1 aliphatic heterocycles. The molecule has 1 aromatic heterocycles. The number of fused-ring (bicyclic) bond motifs is 1. The second-order valence-electron chi connectivity index (χ2n) is 6.03. The van der Waals surface area contributed by atoms with Crippen LogP contribution in [0.2, 0.25) is 0 Å². The van der Waals surface area contributed by atoms with Crippen LogP contribution in [0.4, 0.5) is 5.69 Å². The van der Waals surface area contributed by atoms with Gasteiger partial charge in [0.1, 0.15) is 12.0 Å². The van der Waals surface area contributed by atoms with Gasteiger partial charge < -0.3 is 14.1 Å². The molecule has 0 saturated heterocycles. The zero-order chi connectivity index (χ0) is 16.4. The predicted molar refractivity (Wildman–Crippen MR) is 94.3 cm³/mol. The standard InChI is InChI=1S/C20H20N2O2/c1-23-18-10-8-16(9-11-18)20-21-17(14-24-20)13-22-12-4-6-15-5-2-3-7-19(15)22/h2-3,5,7-11,14H,4,6,12-13H2,1H3. The van der Waals surface area contributed by atoms with Crippen molar-refractivity contribution in [1.29, 1.82) is 0 Å². The van der Waals surface area contributed by atoms with Gasteiger partial charge in [-0.1, -0.05) is 18.2 Å². The number of benzene rings is 2. The fraction of sp³-hybridized carbons (Fsp3) is 0.250. The Bertz CT molecular complexity index is 824. The molecule has 4 nitrogen and oxygen atoms in total. The molecule has 0 spiro atoms. The van der Waals surface area contributed by atoms with Crippen LogP contribution in [0.5, 0.6) is 5.75 Å². The Morgan fingerprint density at radius 3 is 2.79 bits per heavy atom. The van der Waals surface area contributed by atoms with Crippen LogP contribution in [0.25, 0.3) is 11.5 Å². The number of oxazole rings is 1. The molecule has 24 heavy (non-hydrogen) atoms. The van der Waals surface area contributed by atoms with Crippen molar-refractivity contribution in [1.82, 2.24) is 4.98 Å². The summed E-state index contributed by atoms with van der Waals surface area (Å²) in [7, 11) is 1.66. The van der Waals surface area contributed by atoms with E-state index in [2.05, 4.69) is 34.1 Å². The Morgan fingerprint density at radius 1 is 1.12 bits per heavy atom. The fourth-order valence-electron chi connectivity index (χ4n) is 3.22. The minimum atomic E-state index is 0.651. The number of methoxy groups -OCH3 is 1. The lowest BCUT2D eigenvalue weighted by molar-refractivity contribution is 0.415. The summed E-state index contributed by atoms with van der Waals surface area (Å²) in [5.74, 6) is 1.48. The Kier molecular flexibility index (Phi) is 3.95. The third-order valence-electron chi connectivity index (χ3n) is 4.45. The van der Waals surface area contributed by atoms with Gasteiger partial charge in [0.15, 0.2) is 0 Å². The predicted octanol–water partition coefficient (Wildman–Crippen LogP) is 4.30. The Hall–Kier alpha value is -2.75. The van der Waals surface area contributed by atoms with Crippen molar-refractivity contribution >= 4 is 5.69 Å². The highest BCUT2D eigenvalue weighted by atomic mass is 16.5. The topological polar surface area (TPSA) is 38.5 Å². The quantitative estimate of drug-likeness (QED) is 0.718. The van der Waals surface area contributed by atoms with Crippen molar-refractivity contribution in [2.45, 2.75) is 19.4 Å². The SMILES string of the molecule is COc1ccc(-c2nc(CN3CCCc4ccccc43)co2)cc1. The molecule has 0 N–H and O–H groups in total. The molecule has 3 aromatic rings. The van der Waals surface area contributed by atoms with Gasteiger partial charge in [0.05, 0.1) is 19.3 Å². The van der Waals surface area contributed by atoms with E-state index in [4.69, 9.17) is 9.15 Å². The summed E-state index contributed by atoms with van der Waals surface area (Å²) in [5.41, 5.74) is 4.65. The summed E-state index contributed by atoms with van der Waals surface area (Å²) in [6.45, 7) is 1.83. The molecule has 1 aliphatic rings. The minimum Gasteiger partial charge on any atom is -0.497 e. The fourth-order valence-corrected chi connectivity index (χ4v) is 3.22. The van der Waals surface area contributed by atoms with Crippen LogP contribution >= 0.6 is 0 Å². The first-order chi connectivity index (χ1) is 11.8. The molecule has 0 atom stereocenters. The largest absolute Gasteiger partial charge is 0.497 e. The summed E-state index contributed by atoms with van der Waals surface area (Å²) in [6, 6.07) is 16.4.